The standard InChI is InChI=1S/C19H37N5O/c1-5-20-18(22-12-11-21-17(25)16-8-9-16)23-14-19(24(3)4)10-6-7-15(2)13-19/h15-16H,5-14H2,1-4H3,(H,21,25)(H2,20,22,23). The number of nitrogens with zero attached hydrogens (tertiary/aromatic N) is 2. The van der Waals surface area contributed by atoms with E-state index >= 15 is 0 Å². The van der Waals surface area contributed by atoms with Gasteiger partial charge in [0, 0.05) is 31.1 Å². The van der Waals surface area contributed by atoms with E-state index in [1.54, 1.807) is 0 Å². The fourth-order valence-electron chi connectivity index (χ4n) is 3.75. The van der Waals surface area contributed by atoms with E-state index in [0.29, 0.717) is 13.1 Å². The van der Waals surface area contributed by atoms with Crippen molar-refractivity contribution in [1.29, 1.82) is 0 Å². The third kappa shape index (κ3) is 6.17. The van der Waals surface area contributed by atoms with Crippen LogP contribution in [-0.4, -0.2) is 62.6 Å². The summed E-state index contributed by atoms with van der Waals surface area (Å²) in [4.78, 5) is 18.9. The number of likely N-dealkylation sites (N-methyl/N-ethyl adjacent to an activating group) is 1. The van der Waals surface area contributed by atoms with Crippen LogP contribution in [0.4, 0.5) is 0 Å². The molecule has 0 aromatic heterocycles. The number of nitrogens with one attached hydrogen (secondary N) is 3. The molecular formula is C19H37N5O. The molecular weight excluding hydrogens is 314 g/mol. The van der Waals surface area contributed by atoms with Gasteiger partial charge in [-0.1, -0.05) is 19.8 Å². The molecule has 0 spiro atoms. The third-order valence-electron chi connectivity index (χ3n) is 5.56. The van der Waals surface area contributed by atoms with Crippen LogP contribution in [0, 0.1) is 11.8 Å². The van der Waals surface area contributed by atoms with Crippen molar-refractivity contribution in [2.75, 3.05) is 40.3 Å². The first-order chi connectivity index (χ1) is 12.0. The van der Waals surface area contributed by atoms with Crippen LogP contribution in [-0.2, 0) is 4.79 Å². The number of carbonyl (C=O) groups excluding carboxylic acids is 1. The second kappa shape index (κ2) is 9.41. The molecule has 3 N–H and O–H groups in total. The highest BCUT2D eigenvalue weighted by Gasteiger charge is 2.36. The van der Waals surface area contributed by atoms with Gasteiger partial charge in [0.1, 0.15) is 0 Å². The highest BCUT2D eigenvalue weighted by atomic mass is 16.2. The summed E-state index contributed by atoms with van der Waals surface area (Å²) in [5, 5.41) is 9.66. The molecule has 0 heterocycles. The molecule has 0 aromatic rings. The number of amides is 1. The third-order valence-corrected chi connectivity index (χ3v) is 5.56. The zero-order chi connectivity index (χ0) is 18.3. The van der Waals surface area contributed by atoms with Crippen molar-refractivity contribution in [2.24, 2.45) is 16.8 Å². The Kier molecular flexibility index (Phi) is 7.54. The van der Waals surface area contributed by atoms with Crippen molar-refractivity contribution >= 4 is 11.9 Å². The number of rotatable bonds is 8. The van der Waals surface area contributed by atoms with Crippen molar-refractivity contribution in [2.45, 2.75) is 57.9 Å². The maximum absolute atomic E-state index is 11.7. The van der Waals surface area contributed by atoms with Crippen LogP contribution in [0.15, 0.2) is 4.99 Å². The summed E-state index contributed by atoms with van der Waals surface area (Å²) in [7, 11) is 4.36. The molecule has 6 heteroatoms. The Morgan fingerprint density at radius 2 is 1.88 bits per heavy atom. The first-order valence-corrected chi connectivity index (χ1v) is 9.94. The molecule has 2 rings (SSSR count). The minimum Gasteiger partial charge on any atom is -0.357 e. The Hall–Kier alpha value is -1.30. The Morgan fingerprint density at radius 1 is 1.16 bits per heavy atom. The predicted octanol–water partition coefficient (Wildman–Crippen LogP) is 1.58. The van der Waals surface area contributed by atoms with Crippen LogP contribution >= 0.6 is 0 Å². The topological polar surface area (TPSA) is 68.8 Å². The van der Waals surface area contributed by atoms with Gasteiger partial charge in [0.05, 0.1) is 6.54 Å². The molecule has 2 fully saturated rings. The number of carbonyl (C=O) groups is 1. The van der Waals surface area contributed by atoms with Gasteiger partial charge in [0.2, 0.25) is 5.91 Å². The van der Waals surface area contributed by atoms with Gasteiger partial charge in [0.25, 0.3) is 0 Å². The lowest BCUT2D eigenvalue weighted by Gasteiger charge is -2.44. The molecule has 2 aliphatic carbocycles. The van der Waals surface area contributed by atoms with Gasteiger partial charge in [-0.05, 0) is 52.6 Å². The maximum atomic E-state index is 11.7. The van der Waals surface area contributed by atoms with Gasteiger partial charge in [-0.2, -0.15) is 0 Å². The average molecular weight is 352 g/mol. The smallest absolute Gasteiger partial charge is 0.223 e. The lowest BCUT2D eigenvalue weighted by molar-refractivity contribution is -0.122. The van der Waals surface area contributed by atoms with Crippen molar-refractivity contribution in [3.05, 3.63) is 0 Å². The van der Waals surface area contributed by atoms with Gasteiger partial charge < -0.3 is 20.9 Å². The van der Waals surface area contributed by atoms with E-state index in [-0.39, 0.29) is 17.4 Å². The second-order valence-corrected chi connectivity index (χ2v) is 8.01. The molecule has 0 aromatic carbocycles. The molecule has 144 valence electrons. The van der Waals surface area contributed by atoms with Gasteiger partial charge >= 0.3 is 0 Å². The van der Waals surface area contributed by atoms with E-state index < -0.39 is 0 Å². The molecule has 2 atom stereocenters. The van der Waals surface area contributed by atoms with E-state index in [0.717, 1.165) is 37.8 Å². The number of hydrogen-bond acceptors (Lipinski definition) is 3. The van der Waals surface area contributed by atoms with E-state index in [4.69, 9.17) is 4.99 Å². The molecule has 0 saturated heterocycles. The Labute approximate surface area is 153 Å². The molecule has 0 aliphatic heterocycles. The van der Waals surface area contributed by atoms with E-state index in [9.17, 15) is 4.79 Å². The molecule has 6 nitrogen and oxygen atoms in total. The normalized spacial score (nSPS) is 27.2. The summed E-state index contributed by atoms with van der Waals surface area (Å²) < 4.78 is 0. The summed E-state index contributed by atoms with van der Waals surface area (Å²) in [5.41, 5.74) is 0.167. The fraction of sp³-hybridized carbons (Fsp3) is 0.895. The summed E-state index contributed by atoms with van der Waals surface area (Å²) in [6, 6.07) is 0. The molecule has 0 bridgehead atoms. The zero-order valence-electron chi connectivity index (χ0n) is 16.5. The van der Waals surface area contributed by atoms with Crippen LogP contribution in [0.3, 0.4) is 0 Å². The lowest BCUT2D eigenvalue weighted by Crippen LogP contribution is -2.51. The highest BCUT2D eigenvalue weighted by Crippen LogP contribution is 2.35. The van der Waals surface area contributed by atoms with E-state index in [2.05, 4.69) is 48.8 Å². The van der Waals surface area contributed by atoms with Crippen molar-refractivity contribution < 1.29 is 4.79 Å². The molecule has 1 amide bonds. The number of hydrogen-bond donors (Lipinski definition) is 3. The Bertz CT molecular complexity index is 461. The predicted molar refractivity (Wildman–Crippen MR) is 104 cm³/mol. The number of aliphatic imine (C=N–C) groups is 1. The van der Waals surface area contributed by atoms with Gasteiger partial charge in [-0.25, -0.2) is 0 Å². The Balaban J connectivity index is 1.84. The van der Waals surface area contributed by atoms with Crippen molar-refractivity contribution in [1.82, 2.24) is 20.9 Å². The first-order valence-electron chi connectivity index (χ1n) is 9.94. The molecule has 2 aliphatic rings. The SMILES string of the molecule is CCNC(=NCC1(N(C)C)CCCC(C)C1)NCCNC(=O)C1CC1. The minimum atomic E-state index is 0.167. The first kappa shape index (κ1) is 20.0. The average Bonchev–Trinajstić information content (AvgIpc) is 3.41. The molecule has 25 heavy (non-hydrogen) atoms. The van der Waals surface area contributed by atoms with Gasteiger partial charge in [-0.3, -0.25) is 9.79 Å². The summed E-state index contributed by atoms with van der Waals surface area (Å²) in [6.45, 7) is 7.44. The Morgan fingerprint density at radius 3 is 2.48 bits per heavy atom. The fourth-order valence-corrected chi connectivity index (χ4v) is 3.75. The van der Waals surface area contributed by atoms with Crippen molar-refractivity contribution in [3.8, 4) is 0 Å². The molecule has 2 unspecified atom stereocenters. The van der Waals surface area contributed by atoms with E-state index in [1.807, 2.05) is 0 Å². The van der Waals surface area contributed by atoms with Crippen LogP contribution in [0.5, 0.6) is 0 Å². The summed E-state index contributed by atoms with van der Waals surface area (Å²) >= 11 is 0. The van der Waals surface area contributed by atoms with Crippen LogP contribution in [0.2, 0.25) is 0 Å². The second-order valence-electron chi connectivity index (χ2n) is 8.01. The summed E-state index contributed by atoms with van der Waals surface area (Å²) in [5.74, 6) is 2.09. The van der Waals surface area contributed by atoms with Crippen LogP contribution in [0.1, 0.15) is 52.4 Å². The highest BCUT2D eigenvalue weighted by molar-refractivity contribution is 5.81. The van der Waals surface area contributed by atoms with Crippen LogP contribution in [0.25, 0.3) is 0 Å². The van der Waals surface area contributed by atoms with Crippen molar-refractivity contribution in [3.63, 3.8) is 0 Å². The lowest BCUT2D eigenvalue weighted by atomic mass is 9.75. The minimum absolute atomic E-state index is 0.167. The largest absolute Gasteiger partial charge is 0.357 e. The van der Waals surface area contributed by atoms with Gasteiger partial charge in [0.15, 0.2) is 5.96 Å². The zero-order valence-corrected chi connectivity index (χ0v) is 16.5. The summed E-state index contributed by atoms with van der Waals surface area (Å²) in [6.07, 6.45) is 7.14. The maximum Gasteiger partial charge on any atom is 0.223 e. The van der Waals surface area contributed by atoms with Crippen LogP contribution < -0.4 is 16.0 Å². The van der Waals surface area contributed by atoms with E-state index in [1.165, 1.54) is 25.7 Å². The molecule has 0 radical (unpaired) electrons. The quantitative estimate of drug-likeness (QED) is 0.353. The van der Waals surface area contributed by atoms with Gasteiger partial charge in [-0.15, -0.1) is 0 Å². The monoisotopic (exact) mass is 351 g/mol. The molecule has 2 saturated carbocycles. The number of guanidine groups is 1.